The Bertz CT molecular complexity index is 339. The standard InChI is InChI=1S/C16H37NO3Si2/c1-9-19-21(5,6)14-10-12-17-13-11-15(18)20-22(7,8)16(2,3)4/h17H,9-14H2,1-8H3. The zero-order valence-corrected chi connectivity index (χ0v) is 18.0. The van der Waals surface area contributed by atoms with Gasteiger partial charge >= 0.3 is 0 Å². The topological polar surface area (TPSA) is 47.6 Å². The average Bonchev–Trinajstić information content (AvgIpc) is 2.31. The van der Waals surface area contributed by atoms with Gasteiger partial charge in [0.1, 0.15) is 0 Å². The predicted molar refractivity (Wildman–Crippen MR) is 99.3 cm³/mol. The Hall–Kier alpha value is -0.176. The molecule has 0 saturated carbocycles. The van der Waals surface area contributed by atoms with Gasteiger partial charge < -0.3 is 14.2 Å². The molecule has 0 aliphatic rings. The molecular formula is C16H37NO3Si2. The number of nitrogens with one attached hydrogen (secondary N) is 1. The summed E-state index contributed by atoms with van der Waals surface area (Å²) in [6.45, 7) is 19.7. The van der Waals surface area contributed by atoms with E-state index in [2.05, 4.69) is 59.2 Å². The average molecular weight is 348 g/mol. The summed E-state index contributed by atoms with van der Waals surface area (Å²) in [7, 11) is -3.43. The third kappa shape index (κ3) is 9.07. The summed E-state index contributed by atoms with van der Waals surface area (Å²) in [5.41, 5.74) is 0. The number of rotatable bonds is 10. The molecule has 1 N–H and O–H groups in total. The molecule has 0 saturated heterocycles. The summed E-state index contributed by atoms with van der Waals surface area (Å²) in [5.74, 6) is -0.0666. The largest absolute Gasteiger partial charge is 0.519 e. The van der Waals surface area contributed by atoms with Crippen molar-refractivity contribution in [2.24, 2.45) is 0 Å². The fourth-order valence-corrected chi connectivity index (χ4v) is 4.84. The highest BCUT2D eigenvalue weighted by Gasteiger charge is 2.40. The first-order valence-corrected chi connectivity index (χ1v) is 14.5. The van der Waals surface area contributed by atoms with Crippen molar-refractivity contribution in [2.45, 2.75) is 77.8 Å². The molecule has 0 fully saturated rings. The van der Waals surface area contributed by atoms with Gasteiger partial charge in [-0.2, -0.15) is 0 Å². The molecule has 0 aliphatic heterocycles. The molecule has 0 amide bonds. The zero-order chi connectivity index (χ0) is 17.4. The normalized spacial score (nSPS) is 13.3. The Kier molecular flexibility index (Phi) is 9.13. The molecule has 0 spiro atoms. The fraction of sp³-hybridized carbons (Fsp3) is 0.938. The van der Waals surface area contributed by atoms with Crippen LogP contribution in [0.3, 0.4) is 0 Å². The smallest absolute Gasteiger partial charge is 0.293 e. The van der Waals surface area contributed by atoms with Crippen molar-refractivity contribution < 1.29 is 13.6 Å². The third-order valence-electron chi connectivity index (χ3n) is 4.35. The van der Waals surface area contributed by atoms with Crippen LogP contribution in [-0.4, -0.2) is 42.3 Å². The minimum Gasteiger partial charge on any atom is -0.519 e. The molecule has 0 radical (unpaired) electrons. The molecule has 22 heavy (non-hydrogen) atoms. The van der Waals surface area contributed by atoms with Crippen LogP contribution in [0.15, 0.2) is 0 Å². The minimum absolute atomic E-state index is 0.0666. The second kappa shape index (κ2) is 9.20. The lowest BCUT2D eigenvalue weighted by molar-refractivity contribution is -0.135. The van der Waals surface area contributed by atoms with Gasteiger partial charge in [-0.25, -0.2) is 0 Å². The second-order valence-electron chi connectivity index (χ2n) is 8.03. The number of hydrogen-bond acceptors (Lipinski definition) is 4. The zero-order valence-electron chi connectivity index (χ0n) is 16.0. The van der Waals surface area contributed by atoms with Crippen LogP contribution < -0.4 is 5.32 Å². The molecule has 0 bridgehead atoms. The Morgan fingerprint density at radius 2 is 1.68 bits per heavy atom. The summed E-state index contributed by atoms with van der Waals surface area (Å²) >= 11 is 0. The SMILES string of the molecule is CCO[Si](C)(C)CCCNCCC(=O)O[Si](C)(C)C(C)(C)C. The van der Waals surface area contributed by atoms with Gasteiger partial charge in [0, 0.05) is 13.2 Å². The summed E-state index contributed by atoms with van der Waals surface area (Å²) in [4.78, 5) is 11.9. The minimum atomic E-state index is -1.97. The quantitative estimate of drug-likeness (QED) is 0.476. The Labute approximate surface area is 139 Å². The van der Waals surface area contributed by atoms with E-state index in [4.69, 9.17) is 8.85 Å². The molecule has 0 aromatic carbocycles. The third-order valence-corrected chi connectivity index (χ3v) is 11.3. The first kappa shape index (κ1) is 21.8. The molecule has 132 valence electrons. The van der Waals surface area contributed by atoms with Crippen LogP contribution in [0, 0.1) is 0 Å². The highest BCUT2D eigenvalue weighted by atomic mass is 28.4. The maximum atomic E-state index is 11.9. The summed E-state index contributed by atoms with van der Waals surface area (Å²) < 4.78 is 11.5. The van der Waals surface area contributed by atoms with Crippen LogP contribution in [0.2, 0.25) is 37.3 Å². The van der Waals surface area contributed by atoms with E-state index in [1.54, 1.807) is 0 Å². The van der Waals surface area contributed by atoms with Gasteiger partial charge in [0.05, 0.1) is 6.42 Å². The Balaban J connectivity index is 3.83. The maximum absolute atomic E-state index is 11.9. The maximum Gasteiger partial charge on any atom is 0.293 e. The van der Waals surface area contributed by atoms with E-state index in [1.807, 2.05) is 0 Å². The molecule has 0 aromatic rings. The molecule has 0 aromatic heterocycles. The molecule has 6 heteroatoms. The van der Waals surface area contributed by atoms with Gasteiger partial charge in [-0.3, -0.25) is 4.79 Å². The van der Waals surface area contributed by atoms with Crippen LogP contribution in [0.1, 0.15) is 40.5 Å². The summed E-state index contributed by atoms with van der Waals surface area (Å²) in [6.07, 6.45) is 1.56. The van der Waals surface area contributed by atoms with Crippen molar-refractivity contribution in [2.75, 3.05) is 19.7 Å². The van der Waals surface area contributed by atoms with E-state index >= 15 is 0 Å². The predicted octanol–water partition coefficient (Wildman–Crippen LogP) is 4.15. The fourth-order valence-electron chi connectivity index (χ4n) is 1.91. The van der Waals surface area contributed by atoms with Gasteiger partial charge in [-0.1, -0.05) is 20.8 Å². The van der Waals surface area contributed by atoms with Gasteiger partial charge in [0.15, 0.2) is 8.32 Å². The lowest BCUT2D eigenvalue weighted by Crippen LogP contribution is -2.43. The lowest BCUT2D eigenvalue weighted by Gasteiger charge is -2.35. The van der Waals surface area contributed by atoms with E-state index in [0.717, 1.165) is 25.6 Å². The number of hydrogen-bond donors (Lipinski definition) is 1. The monoisotopic (exact) mass is 347 g/mol. The number of carbonyl (C=O) groups is 1. The van der Waals surface area contributed by atoms with Crippen LogP contribution >= 0.6 is 0 Å². The van der Waals surface area contributed by atoms with Gasteiger partial charge in [0.25, 0.3) is 14.3 Å². The van der Waals surface area contributed by atoms with Gasteiger partial charge in [-0.15, -0.1) is 0 Å². The van der Waals surface area contributed by atoms with Gasteiger partial charge in [-0.05, 0) is 57.2 Å². The van der Waals surface area contributed by atoms with Crippen LogP contribution in [-0.2, 0) is 13.6 Å². The van der Waals surface area contributed by atoms with Crippen LogP contribution in [0.5, 0.6) is 0 Å². The molecular weight excluding hydrogens is 310 g/mol. The first-order chi connectivity index (χ1) is 9.91. The highest BCUT2D eigenvalue weighted by Crippen LogP contribution is 2.36. The van der Waals surface area contributed by atoms with E-state index in [1.165, 1.54) is 0 Å². The van der Waals surface area contributed by atoms with Crippen molar-refractivity contribution >= 4 is 22.6 Å². The summed E-state index contributed by atoms with van der Waals surface area (Å²) in [5, 5.41) is 3.41. The lowest BCUT2D eigenvalue weighted by atomic mass is 10.2. The second-order valence-corrected chi connectivity index (χ2v) is 17.1. The molecule has 0 rings (SSSR count). The van der Waals surface area contributed by atoms with Crippen molar-refractivity contribution in [1.82, 2.24) is 5.32 Å². The van der Waals surface area contributed by atoms with Crippen molar-refractivity contribution in [3.05, 3.63) is 0 Å². The van der Waals surface area contributed by atoms with E-state index in [0.29, 0.717) is 13.0 Å². The van der Waals surface area contributed by atoms with Crippen LogP contribution in [0.4, 0.5) is 0 Å². The highest BCUT2D eigenvalue weighted by molar-refractivity contribution is 6.75. The molecule has 0 unspecified atom stereocenters. The molecule has 4 nitrogen and oxygen atoms in total. The van der Waals surface area contributed by atoms with Gasteiger partial charge in [0.2, 0.25) is 0 Å². The molecule has 0 aliphatic carbocycles. The number of carbonyl (C=O) groups excluding carboxylic acids is 1. The first-order valence-electron chi connectivity index (χ1n) is 8.48. The van der Waals surface area contributed by atoms with E-state index in [9.17, 15) is 4.79 Å². The van der Waals surface area contributed by atoms with Crippen molar-refractivity contribution in [1.29, 1.82) is 0 Å². The summed E-state index contributed by atoms with van der Waals surface area (Å²) in [6, 6.07) is 1.16. The van der Waals surface area contributed by atoms with E-state index < -0.39 is 16.6 Å². The Morgan fingerprint density at radius 3 is 2.18 bits per heavy atom. The van der Waals surface area contributed by atoms with Crippen molar-refractivity contribution in [3.63, 3.8) is 0 Å². The van der Waals surface area contributed by atoms with E-state index in [-0.39, 0.29) is 11.0 Å². The Morgan fingerprint density at radius 1 is 1.09 bits per heavy atom. The molecule has 0 heterocycles. The van der Waals surface area contributed by atoms with Crippen LogP contribution in [0.25, 0.3) is 0 Å². The van der Waals surface area contributed by atoms with Crippen molar-refractivity contribution in [3.8, 4) is 0 Å². The molecule has 0 atom stereocenters.